The summed E-state index contributed by atoms with van der Waals surface area (Å²) in [5, 5.41) is 2.87. The quantitative estimate of drug-likeness (QED) is 0.732. The first-order valence-corrected chi connectivity index (χ1v) is 5.43. The fraction of sp³-hybridized carbons (Fsp3) is 0.545. The van der Waals surface area contributed by atoms with Crippen LogP contribution in [0.2, 0.25) is 0 Å². The zero-order valence-electron chi connectivity index (χ0n) is 9.64. The lowest BCUT2D eigenvalue weighted by molar-refractivity contribution is -0.122. The van der Waals surface area contributed by atoms with Crippen molar-refractivity contribution in [3.8, 4) is 0 Å². The van der Waals surface area contributed by atoms with E-state index in [0.29, 0.717) is 6.29 Å². The molecular formula is C11H17N3O2. The molecule has 16 heavy (non-hydrogen) atoms. The largest absolute Gasteiger partial charge is 0.352 e. The summed E-state index contributed by atoms with van der Waals surface area (Å²) in [4.78, 5) is 26.0. The minimum Gasteiger partial charge on any atom is -0.352 e. The van der Waals surface area contributed by atoms with Gasteiger partial charge in [0.05, 0.1) is 0 Å². The number of carbonyl (C=O) groups is 2. The van der Waals surface area contributed by atoms with Crippen LogP contribution >= 0.6 is 0 Å². The predicted octanol–water partition coefficient (Wildman–Crippen LogP) is 1.00. The Balaban J connectivity index is 2.48. The average molecular weight is 223 g/mol. The lowest BCUT2D eigenvalue weighted by Crippen LogP contribution is -2.35. The number of nitrogens with zero attached hydrogens (tertiary/aromatic N) is 2. The van der Waals surface area contributed by atoms with E-state index in [1.165, 1.54) is 10.8 Å². The van der Waals surface area contributed by atoms with Gasteiger partial charge >= 0.3 is 0 Å². The monoisotopic (exact) mass is 223 g/mol. The fourth-order valence-corrected chi connectivity index (χ4v) is 1.55. The van der Waals surface area contributed by atoms with Gasteiger partial charge in [0, 0.05) is 18.4 Å². The number of imidazole rings is 1. The molecule has 1 heterocycles. The van der Waals surface area contributed by atoms with Gasteiger partial charge in [-0.3, -0.25) is 9.59 Å². The van der Waals surface area contributed by atoms with Crippen molar-refractivity contribution < 1.29 is 9.59 Å². The summed E-state index contributed by atoms with van der Waals surface area (Å²) < 4.78 is 1.53. The number of carbonyl (C=O) groups excluding carboxylic acids is 2. The van der Waals surface area contributed by atoms with Crippen LogP contribution in [0.25, 0.3) is 0 Å². The number of rotatable bonds is 6. The zero-order valence-corrected chi connectivity index (χ0v) is 9.64. The maximum absolute atomic E-state index is 11.6. The summed E-state index contributed by atoms with van der Waals surface area (Å²) in [5.41, 5.74) is 0. The molecule has 1 unspecified atom stereocenters. The predicted molar refractivity (Wildman–Crippen MR) is 60.1 cm³/mol. The number of hydrogen-bond acceptors (Lipinski definition) is 3. The SMILES string of the molecule is CCCC(C)NC(=O)Cn1ccnc1C=O. The van der Waals surface area contributed by atoms with Gasteiger partial charge in [0.15, 0.2) is 12.1 Å². The van der Waals surface area contributed by atoms with Crippen LogP contribution in [-0.2, 0) is 11.3 Å². The number of aldehydes is 1. The van der Waals surface area contributed by atoms with E-state index < -0.39 is 0 Å². The molecule has 1 rings (SSSR count). The Labute approximate surface area is 94.9 Å². The summed E-state index contributed by atoms with van der Waals surface area (Å²) in [6, 6.07) is 0.167. The maximum Gasteiger partial charge on any atom is 0.240 e. The molecule has 0 bridgehead atoms. The van der Waals surface area contributed by atoms with Crippen LogP contribution in [0.15, 0.2) is 12.4 Å². The van der Waals surface area contributed by atoms with Gasteiger partial charge in [-0.05, 0) is 13.3 Å². The highest BCUT2D eigenvalue weighted by atomic mass is 16.2. The first-order chi connectivity index (χ1) is 7.67. The minimum absolute atomic E-state index is 0.0953. The molecule has 1 amide bonds. The van der Waals surface area contributed by atoms with Gasteiger partial charge in [0.1, 0.15) is 6.54 Å². The fourth-order valence-electron chi connectivity index (χ4n) is 1.55. The summed E-state index contributed by atoms with van der Waals surface area (Å²) in [6.07, 6.45) is 5.76. The molecule has 0 aliphatic rings. The molecule has 0 aromatic carbocycles. The normalized spacial score (nSPS) is 12.1. The lowest BCUT2D eigenvalue weighted by Gasteiger charge is -2.13. The maximum atomic E-state index is 11.6. The molecule has 0 fully saturated rings. The third-order valence-corrected chi connectivity index (χ3v) is 2.30. The van der Waals surface area contributed by atoms with Gasteiger partial charge in [-0.15, -0.1) is 0 Å². The van der Waals surface area contributed by atoms with Crippen LogP contribution in [0.3, 0.4) is 0 Å². The second kappa shape index (κ2) is 6.05. The zero-order chi connectivity index (χ0) is 12.0. The molecule has 1 aromatic heterocycles. The van der Waals surface area contributed by atoms with Crippen molar-refractivity contribution in [2.45, 2.75) is 39.3 Å². The number of amides is 1. The van der Waals surface area contributed by atoms with Crippen LogP contribution in [0.1, 0.15) is 37.3 Å². The standard InChI is InChI=1S/C11H17N3O2/c1-3-4-9(2)13-11(16)7-14-6-5-12-10(14)8-15/h5-6,8-9H,3-4,7H2,1-2H3,(H,13,16). The van der Waals surface area contributed by atoms with E-state index in [2.05, 4.69) is 17.2 Å². The smallest absolute Gasteiger partial charge is 0.240 e. The van der Waals surface area contributed by atoms with E-state index in [0.717, 1.165) is 12.8 Å². The van der Waals surface area contributed by atoms with Crippen LogP contribution < -0.4 is 5.32 Å². The Morgan fingerprint density at radius 3 is 3.06 bits per heavy atom. The summed E-state index contributed by atoms with van der Waals surface area (Å²) >= 11 is 0. The minimum atomic E-state index is -0.0953. The molecule has 0 saturated carbocycles. The summed E-state index contributed by atoms with van der Waals surface area (Å²) in [5.74, 6) is 0.181. The molecule has 0 aliphatic heterocycles. The van der Waals surface area contributed by atoms with Crippen molar-refractivity contribution in [3.05, 3.63) is 18.2 Å². The Kier molecular flexibility index (Phi) is 4.69. The van der Waals surface area contributed by atoms with E-state index in [4.69, 9.17) is 0 Å². The van der Waals surface area contributed by atoms with Gasteiger partial charge in [0.25, 0.3) is 0 Å². The van der Waals surface area contributed by atoms with Gasteiger partial charge in [-0.2, -0.15) is 0 Å². The third-order valence-electron chi connectivity index (χ3n) is 2.30. The summed E-state index contributed by atoms with van der Waals surface area (Å²) in [7, 11) is 0. The summed E-state index contributed by atoms with van der Waals surface area (Å²) in [6.45, 7) is 4.18. The highest BCUT2D eigenvalue weighted by Gasteiger charge is 2.09. The highest BCUT2D eigenvalue weighted by molar-refractivity contribution is 5.77. The Hall–Kier alpha value is -1.65. The van der Waals surface area contributed by atoms with Crippen LogP contribution in [-0.4, -0.2) is 27.8 Å². The number of nitrogens with one attached hydrogen (secondary N) is 1. The first kappa shape index (κ1) is 12.4. The van der Waals surface area contributed by atoms with E-state index in [1.54, 1.807) is 6.20 Å². The molecule has 1 aromatic rings. The van der Waals surface area contributed by atoms with E-state index in [1.807, 2.05) is 6.92 Å². The highest BCUT2D eigenvalue weighted by Crippen LogP contribution is 1.97. The van der Waals surface area contributed by atoms with Crippen molar-refractivity contribution in [2.75, 3.05) is 0 Å². The van der Waals surface area contributed by atoms with Crippen molar-refractivity contribution in [3.63, 3.8) is 0 Å². The number of hydrogen-bond donors (Lipinski definition) is 1. The van der Waals surface area contributed by atoms with Gasteiger partial charge in [-0.25, -0.2) is 4.98 Å². The lowest BCUT2D eigenvalue weighted by atomic mass is 10.2. The second-order valence-corrected chi connectivity index (χ2v) is 3.79. The van der Waals surface area contributed by atoms with E-state index in [9.17, 15) is 9.59 Å². The molecule has 0 spiro atoms. The molecule has 1 N–H and O–H groups in total. The molecule has 1 atom stereocenters. The van der Waals surface area contributed by atoms with E-state index in [-0.39, 0.29) is 24.3 Å². The van der Waals surface area contributed by atoms with Gasteiger partial charge in [-0.1, -0.05) is 13.3 Å². The molecular weight excluding hydrogens is 206 g/mol. The molecule has 5 nitrogen and oxygen atoms in total. The topological polar surface area (TPSA) is 64.0 Å². The molecule has 0 aliphatic carbocycles. The van der Waals surface area contributed by atoms with Gasteiger partial charge < -0.3 is 9.88 Å². The Bertz CT molecular complexity index is 360. The molecule has 88 valence electrons. The second-order valence-electron chi connectivity index (χ2n) is 3.79. The van der Waals surface area contributed by atoms with E-state index >= 15 is 0 Å². The number of aromatic nitrogens is 2. The van der Waals surface area contributed by atoms with Crippen LogP contribution in [0.4, 0.5) is 0 Å². The third kappa shape index (κ3) is 3.49. The Morgan fingerprint density at radius 2 is 2.44 bits per heavy atom. The molecule has 0 saturated heterocycles. The van der Waals surface area contributed by atoms with Crippen LogP contribution in [0.5, 0.6) is 0 Å². The molecule has 5 heteroatoms. The van der Waals surface area contributed by atoms with Crippen molar-refractivity contribution >= 4 is 12.2 Å². The van der Waals surface area contributed by atoms with Crippen molar-refractivity contribution in [2.24, 2.45) is 0 Å². The van der Waals surface area contributed by atoms with Crippen LogP contribution in [0, 0.1) is 0 Å². The Morgan fingerprint density at radius 1 is 1.69 bits per heavy atom. The molecule has 0 radical (unpaired) electrons. The van der Waals surface area contributed by atoms with Gasteiger partial charge in [0.2, 0.25) is 5.91 Å². The van der Waals surface area contributed by atoms with Crippen molar-refractivity contribution in [1.29, 1.82) is 0 Å². The first-order valence-electron chi connectivity index (χ1n) is 5.43. The average Bonchev–Trinajstić information content (AvgIpc) is 2.65. The van der Waals surface area contributed by atoms with Crippen molar-refractivity contribution in [1.82, 2.24) is 14.9 Å².